The second-order valence-corrected chi connectivity index (χ2v) is 3.35. The highest BCUT2D eigenvalue weighted by atomic mass is 16.5. The molecule has 1 atom stereocenters. The zero-order valence-corrected chi connectivity index (χ0v) is 8.84. The average molecular weight is 223 g/mol. The predicted octanol–water partition coefficient (Wildman–Crippen LogP) is 1.53. The van der Waals surface area contributed by atoms with Gasteiger partial charge in [-0.2, -0.15) is 0 Å². The fourth-order valence-electron chi connectivity index (χ4n) is 1.12. The number of carbonyl (C=O) groups is 2. The molecule has 0 heterocycles. The van der Waals surface area contributed by atoms with Gasteiger partial charge in [0.1, 0.15) is 18.6 Å². The third kappa shape index (κ3) is 4.00. The highest BCUT2D eigenvalue weighted by Gasteiger charge is 2.05. The lowest BCUT2D eigenvalue weighted by atomic mass is 10.2. The summed E-state index contributed by atoms with van der Waals surface area (Å²) in [7, 11) is 0. The van der Waals surface area contributed by atoms with Crippen LogP contribution < -0.4 is 10.1 Å². The van der Waals surface area contributed by atoms with Crippen molar-refractivity contribution >= 4 is 12.4 Å². The van der Waals surface area contributed by atoms with Crippen molar-refractivity contribution in [1.82, 2.24) is 5.32 Å². The van der Waals surface area contributed by atoms with Gasteiger partial charge in [-0.15, -0.1) is 0 Å². The van der Waals surface area contributed by atoms with E-state index in [1.807, 2.05) is 0 Å². The SMILES string of the molecule is C[C@@H](COc1ccc(C=O)cc1)NC(=O)O. The quantitative estimate of drug-likeness (QED) is 0.742. The zero-order chi connectivity index (χ0) is 12.0. The predicted molar refractivity (Wildman–Crippen MR) is 57.9 cm³/mol. The van der Waals surface area contributed by atoms with Gasteiger partial charge >= 0.3 is 6.09 Å². The molecule has 1 aromatic carbocycles. The van der Waals surface area contributed by atoms with Gasteiger partial charge in [0, 0.05) is 5.56 Å². The van der Waals surface area contributed by atoms with Crippen molar-refractivity contribution in [3.63, 3.8) is 0 Å². The van der Waals surface area contributed by atoms with Crippen LogP contribution in [0.2, 0.25) is 0 Å². The normalized spacial score (nSPS) is 11.6. The van der Waals surface area contributed by atoms with E-state index < -0.39 is 6.09 Å². The Morgan fingerprint density at radius 3 is 2.62 bits per heavy atom. The van der Waals surface area contributed by atoms with E-state index in [2.05, 4.69) is 5.32 Å². The number of hydrogen-bond acceptors (Lipinski definition) is 3. The number of hydrogen-bond donors (Lipinski definition) is 2. The molecule has 0 aliphatic rings. The van der Waals surface area contributed by atoms with Crippen LogP contribution in [0.5, 0.6) is 5.75 Å². The summed E-state index contributed by atoms with van der Waals surface area (Å²) in [5.41, 5.74) is 0.573. The van der Waals surface area contributed by atoms with E-state index >= 15 is 0 Å². The van der Waals surface area contributed by atoms with Gasteiger partial charge in [0.15, 0.2) is 0 Å². The third-order valence-electron chi connectivity index (χ3n) is 1.89. The van der Waals surface area contributed by atoms with Gasteiger partial charge in [0.2, 0.25) is 0 Å². The first-order valence-electron chi connectivity index (χ1n) is 4.79. The van der Waals surface area contributed by atoms with E-state index in [0.717, 1.165) is 6.29 Å². The maximum absolute atomic E-state index is 10.4. The van der Waals surface area contributed by atoms with Crippen molar-refractivity contribution in [1.29, 1.82) is 0 Å². The van der Waals surface area contributed by atoms with Gasteiger partial charge in [-0.25, -0.2) is 4.79 Å². The number of nitrogens with one attached hydrogen (secondary N) is 1. The minimum atomic E-state index is -1.08. The number of carbonyl (C=O) groups excluding carboxylic acids is 1. The molecule has 0 saturated heterocycles. The van der Waals surface area contributed by atoms with Crippen molar-refractivity contribution in [2.24, 2.45) is 0 Å². The Labute approximate surface area is 93.0 Å². The number of ether oxygens (including phenoxy) is 1. The molecule has 5 nitrogen and oxygen atoms in total. The van der Waals surface area contributed by atoms with E-state index in [0.29, 0.717) is 11.3 Å². The molecule has 0 spiro atoms. The monoisotopic (exact) mass is 223 g/mol. The maximum atomic E-state index is 10.4. The fraction of sp³-hybridized carbons (Fsp3) is 0.273. The number of rotatable bonds is 5. The molecular weight excluding hydrogens is 210 g/mol. The Morgan fingerprint density at radius 2 is 2.12 bits per heavy atom. The van der Waals surface area contributed by atoms with Crippen LogP contribution in [-0.2, 0) is 0 Å². The maximum Gasteiger partial charge on any atom is 0.404 e. The summed E-state index contributed by atoms with van der Waals surface area (Å²) in [6.07, 6.45) is -0.328. The molecular formula is C11H13NO4. The van der Waals surface area contributed by atoms with Crippen molar-refractivity contribution in [2.75, 3.05) is 6.61 Å². The summed E-state index contributed by atoms with van der Waals surface area (Å²) in [5, 5.41) is 10.7. The molecule has 2 N–H and O–H groups in total. The number of benzene rings is 1. The highest BCUT2D eigenvalue weighted by Crippen LogP contribution is 2.11. The fourth-order valence-corrected chi connectivity index (χ4v) is 1.12. The number of amides is 1. The third-order valence-corrected chi connectivity index (χ3v) is 1.89. The van der Waals surface area contributed by atoms with Gasteiger partial charge in [-0.05, 0) is 31.2 Å². The zero-order valence-electron chi connectivity index (χ0n) is 8.84. The lowest BCUT2D eigenvalue weighted by Gasteiger charge is -2.12. The molecule has 1 rings (SSSR count). The summed E-state index contributed by atoms with van der Waals surface area (Å²) in [6, 6.07) is 6.31. The topological polar surface area (TPSA) is 75.6 Å². The molecule has 5 heteroatoms. The Balaban J connectivity index is 2.42. The van der Waals surface area contributed by atoms with Crippen molar-refractivity contribution in [2.45, 2.75) is 13.0 Å². The first-order valence-corrected chi connectivity index (χ1v) is 4.79. The summed E-state index contributed by atoms with van der Waals surface area (Å²) in [4.78, 5) is 20.7. The average Bonchev–Trinajstić information content (AvgIpc) is 2.26. The minimum absolute atomic E-state index is 0.243. The molecule has 16 heavy (non-hydrogen) atoms. The van der Waals surface area contributed by atoms with Crippen LogP contribution >= 0.6 is 0 Å². The highest BCUT2D eigenvalue weighted by molar-refractivity contribution is 5.74. The lowest BCUT2D eigenvalue weighted by molar-refractivity contribution is 0.112. The van der Waals surface area contributed by atoms with E-state index in [4.69, 9.17) is 9.84 Å². The molecule has 1 amide bonds. The van der Waals surface area contributed by atoms with E-state index in [1.54, 1.807) is 31.2 Å². The Kier molecular flexibility index (Phi) is 4.32. The molecule has 0 radical (unpaired) electrons. The van der Waals surface area contributed by atoms with E-state index in [1.165, 1.54) is 0 Å². The van der Waals surface area contributed by atoms with Gasteiger partial charge in [-0.3, -0.25) is 4.79 Å². The van der Waals surface area contributed by atoms with Crippen LogP contribution in [0.4, 0.5) is 4.79 Å². The Bertz CT molecular complexity index is 361. The van der Waals surface area contributed by atoms with E-state index in [9.17, 15) is 9.59 Å². The van der Waals surface area contributed by atoms with Gasteiger partial charge in [0.05, 0.1) is 6.04 Å². The molecule has 0 aliphatic carbocycles. The molecule has 1 aromatic rings. The standard InChI is InChI=1S/C11H13NO4/c1-8(12-11(14)15)7-16-10-4-2-9(6-13)3-5-10/h2-6,8,12H,7H2,1H3,(H,14,15)/t8-/m0/s1. The van der Waals surface area contributed by atoms with Gasteiger partial charge < -0.3 is 15.2 Å². The Hall–Kier alpha value is -2.04. The van der Waals surface area contributed by atoms with Gasteiger partial charge in [-0.1, -0.05) is 0 Å². The Morgan fingerprint density at radius 1 is 1.50 bits per heavy atom. The van der Waals surface area contributed by atoms with E-state index in [-0.39, 0.29) is 12.6 Å². The summed E-state index contributed by atoms with van der Waals surface area (Å²) >= 11 is 0. The summed E-state index contributed by atoms with van der Waals surface area (Å²) in [5.74, 6) is 0.602. The summed E-state index contributed by atoms with van der Waals surface area (Å²) < 4.78 is 5.33. The molecule has 0 unspecified atom stereocenters. The lowest BCUT2D eigenvalue weighted by Crippen LogP contribution is -2.35. The summed E-state index contributed by atoms with van der Waals surface area (Å²) in [6.45, 7) is 1.95. The smallest absolute Gasteiger partial charge is 0.404 e. The second kappa shape index (κ2) is 5.75. The minimum Gasteiger partial charge on any atom is -0.491 e. The molecule has 0 fully saturated rings. The van der Waals surface area contributed by atoms with Crippen molar-refractivity contribution < 1.29 is 19.4 Å². The van der Waals surface area contributed by atoms with Gasteiger partial charge in [0.25, 0.3) is 0 Å². The first-order chi connectivity index (χ1) is 7.61. The molecule has 0 bridgehead atoms. The molecule has 0 aliphatic heterocycles. The first kappa shape index (κ1) is 12.0. The number of aldehydes is 1. The van der Waals surface area contributed by atoms with Crippen LogP contribution in [0, 0.1) is 0 Å². The molecule has 0 saturated carbocycles. The van der Waals surface area contributed by atoms with Crippen LogP contribution in [0.1, 0.15) is 17.3 Å². The van der Waals surface area contributed by atoms with Crippen LogP contribution in [-0.4, -0.2) is 30.1 Å². The van der Waals surface area contributed by atoms with Crippen molar-refractivity contribution in [3.05, 3.63) is 29.8 Å². The molecule has 86 valence electrons. The number of carboxylic acid groups (broad SMARTS) is 1. The second-order valence-electron chi connectivity index (χ2n) is 3.35. The van der Waals surface area contributed by atoms with Crippen LogP contribution in [0.15, 0.2) is 24.3 Å². The largest absolute Gasteiger partial charge is 0.491 e. The van der Waals surface area contributed by atoms with Crippen LogP contribution in [0.3, 0.4) is 0 Å². The molecule has 0 aromatic heterocycles. The van der Waals surface area contributed by atoms with Crippen LogP contribution in [0.25, 0.3) is 0 Å². The van der Waals surface area contributed by atoms with Crippen molar-refractivity contribution in [3.8, 4) is 5.75 Å².